The second-order valence-electron chi connectivity index (χ2n) is 8.50. The number of Topliss-reactive ketones (excluding diaryl/α,β-unsaturated/α-hetero) is 1. The quantitative estimate of drug-likeness (QED) is 0.606. The number of aliphatic imine (C=N–C) groups is 1. The number of allylic oxidation sites excluding steroid dienone is 1. The van der Waals surface area contributed by atoms with Crippen molar-refractivity contribution < 1.29 is 23.8 Å². The Morgan fingerprint density at radius 1 is 1.19 bits per heavy atom. The molecule has 0 aromatic heterocycles. The SMILES string of the molecule is CCCOc1ccccc1[C@H]1C(C(=O)OC[C@@H]2CCCO2)=C(C)N=C2CCCC(=O)C21. The first-order valence-electron chi connectivity index (χ1n) is 11.4. The van der Waals surface area contributed by atoms with E-state index >= 15 is 0 Å². The Morgan fingerprint density at radius 3 is 2.81 bits per heavy atom. The highest BCUT2D eigenvalue weighted by atomic mass is 16.6. The topological polar surface area (TPSA) is 74.2 Å². The number of para-hydroxylation sites is 1. The average Bonchev–Trinajstić information content (AvgIpc) is 3.29. The van der Waals surface area contributed by atoms with Gasteiger partial charge in [0.05, 0.1) is 24.2 Å². The third-order valence-corrected chi connectivity index (χ3v) is 6.27. The molecule has 1 saturated heterocycles. The van der Waals surface area contributed by atoms with Crippen molar-refractivity contribution in [1.29, 1.82) is 0 Å². The summed E-state index contributed by atoms with van der Waals surface area (Å²) in [6, 6.07) is 7.72. The van der Waals surface area contributed by atoms with Crippen molar-refractivity contribution in [3.05, 3.63) is 41.1 Å². The number of nitrogens with zero attached hydrogens (tertiary/aromatic N) is 1. The van der Waals surface area contributed by atoms with Gasteiger partial charge in [-0.05, 0) is 45.1 Å². The maximum absolute atomic E-state index is 13.3. The van der Waals surface area contributed by atoms with Crippen LogP contribution in [-0.4, -0.2) is 43.4 Å². The lowest BCUT2D eigenvalue weighted by Crippen LogP contribution is -2.39. The molecular weight excluding hydrogens is 394 g/mol. The summed E-state index contributed by atoms with van der Waals surface area (Å²) >= 11 is 0. The molecule has 4 rings (SSSR count). The van der Waals surface area contributed by atoms with Crippen LogP contribution < -0.4 is 4.74 Å². The Bertz CT molecular complexity index is 897. The molecule has 1 saturated carbocycles. The number of ether oxygens (including phenoxy) is 3. The van der Waals surface area contributed by atoms with Crippen molar-refractivity contribution in [3.63, 3.8) is 0 Å². The number of fused-ring (bicyclic) bond motifs is 1. The summed E-state index contributed by atoms with van der Waals surface area (Å²) in [5.41, 5.74) is 2.83. The number of ketones is 1. The Balaban J connectivity index is 1.72. The minimum Gasteiger partial charge on any atom is -0.493 e. The number of carbonyl (C=O) groups is 2. The van der Waals surface area contributed by atoms with E-state index in [9.17, 15) is 9.59 Å². The molecule has 0 amide bonds. The summed E-state index contributed by atoms with van der Waals surface area (Å²) in [6.45, 7) is 5.40. The molecule has 0 N–H and O–H groups in total. The standard InChI is InChI=1S/C25H31NO5/c1-3-13-30-21-12-5-4-9-18(21)23-22(25(28)31-15-17-8-7-14-29-17)16(2)26-19-10-6-11-20(27)24(19)23/h4-5,9,12,17,23-24H,3,6-8,10-11,13-15H2,1-2H3/t17-,23-,24?/m0/s1. The molecule has 1 aromatic carbocycles. The van der Waals surface area contributed by atoms with Gasteiger partial charge in [0.2, 0.25) is 0 Å². The lowest BCUT2D eigenvalue weighted by Gasteiger charge is -2.36. The summed E-state index contributed by atoms with van der Waals surface area (Å²) < 4.78 is 17.3. The van der Waals surface area contributed by atoms with Gasteiger partial charge in [0.1, 0.15) is 18.1 Å². The van der Waals surface area contributed by atoms with E-state index in [-0.39, 0.29) is 18.5 Å². The lowest BCUT2D eigenvalue weighted by molar-refractivity contribution is -0.142. The van der Waals surface area contributed by atoms with E-state index in [0.717, 1.165) is 43.4 Å². The summed E-state index contributed by atoms with van der Waals surface area (Å²) in [7, 11) is 0. The lowest BCUT2D eigenvalue weighted by atomic mass is 9.69. The normalized spacial score (nSPS) is 25.8. The van der Waals surface area contributed by atoms with Gasteiger partial charge in [-0.1, -0.05) is 25.1 Å². The minimum atomic E-state index is -0.439. The molecule has 0 bridgehead atoms. The van der Waals surface area contributed by atoms with Crippen LogP contribution >= 0.6 is 0 Å². The van der Waals surface area contributed by atoms with Crippen LogP contribution in [0.5, 0.6) is 5.75 Å². The van der Waals surface area contributed by atoms with Crippen LogP contribution in [0.2, 0.25) is 0 Å². The van der Waals surface area contributed by atoms with Crippen LogP contribution in [0, 0.1) is 5.92 Å². The van der Waals surface area contributed by atoms with Crippen molar-refractivity contribution in [3.8, 4) is 5.75 Å². The van der Waals surface area contributed by atoms with Crippen molar-refractivity contribution in [2.45, 2.75) is 64.4 Å². The smallest absolute Gasteiger partial charge is 0.336 e. The molecule has 1 aromatic rings. The maximum atomic E-state index is 13.3. The number of hydrogen-bond donors (Lipinski definition) is 0. The summed E-state index contributed by atoms with van der Waals surface area (Å²) in [5.74, 6) is -0.438. The van der Waals surface area contributed by atoms with E-state index in [1.165, 1.54) is 0 Å². The predicted molar refractivity (Wildman–Crippen MR) is 117 cm³/mol. The molecule has 31 heavy (non-hydrogen) atoms. The minimum absolute atomic E-state index is 0.0533. The van der Waals surface area contributed by atoms with Gasteiger partial charge in [0.15, 0.2) is 0 Å². The Hall–Kier alpha value is -2.47. The highest BCUT2D eigenvalue weighted by molar-refractivity contribution is 6.11. The van der Waals surface area contributed by atoms with Crippen molar-refractivity contribution in [1.82, 2.24) is 0 Å². The highest BCUT2D eigenvalue weighted by Crippen LogP contribution is 2.45. The third kappa shape index (κ3) is 4.59. The van der Waals surface area contributed by atoms with Gasteiger partial charge in [-0.3, -0.25) is 9.79 Å². The van der Waals surface area contributed by atoms with E-state index < -0.39 is 17.8 Å². The van der Waals surface area contributed by atoms with Crippen molar-refractivity contribution in [2.24, 2.45) is 10.9 Å². The molecule has 0 spiro atoms. The van der Waals surface area contributed by atoms with E-state index in [1.54, 1.807) is 0 Å². The largest absolute Gasteiger partial charge is 0.493 e. The maximum Gasteiger partial charge on any atom is 0.336 e. The average molecular weight is 426 g/mol. The summed E-state index contributed by atoms with van der Waals surface area (Å²) in [6.07, 6.45) is 4.79. The second-order valence-corrected chi connectivity index (χ2v) is 8.50. The van der Waals surface area contributed by atoms with Gasteiger partial charge < -0.3 is 14.2 Å². The zero-order chi connectivity index (χ0) is 21.8. The number of carbonyl (C=O) groups excluding carboxylic acids is 2. The molecule has 2 fully saturated rings. The van der Waals surface area contributed by atoms with Crippen molar-refractivity contribution >= 4 is 17.5 Å². The molecule has 0 radical (unpaired) electrons. The van der Waals surface area contributed by atoms with Gasteiger partial charge in [-0.15, -0.1) is 0 Å². The third-order valence-electron chi connectivity index (χ3n) is 6.27. The van der Waals surface area contributed by atoms with Crippen LogP contribution in [0.25, 0.3) is 0 Å². The number of esters is 1. The first-order chi connectivity index (χ1) is 15.1. The zero-order valence-electron chi connectivity index (χ0n) is 18.4. The summed E-state index contributed by atoms with van der Waals surface area (Å²) in [4.78, 5) is 31.1. The molecule has 166 valence electrons. The van der Waals surface area contributed by atoms with E-state index in [1.807, 2.05) is 31.2 Å². The molecule has 1 unspecified atom stereocenters. The van der Waals surface area contributed by atoms with Crippen LogP contribution in [0.1, 0.15) is 63.9 Å². The highest BCUT2D eigenvalue weighted by Gasteiger charge is 2.44. The van der Waals surface area contributed by atoms with Crippen LogP contribution in [0.4, 0.5) is 0 Å². The molecule has 6 nitrogen and oxygen atoms in total. The fraction of sp³-hybridized carbons (Fsp3) is 0.560. The van der Waals surface area contributed by atoms with E-state index in [2.05, 4.69) is 6.92 Å². The molecule has 3 atom stereocenters. The molecule has 2 aliphatic heterocycles. The predicted octanol–water partition coefficient (Wildman–Crippen LogP) is 4.38. The molecule has 3 aliphatic rings. The molecular formula is C25H31NO5. The van der Waals surface area contributed by atoms with E-state index in [4.69, 9.17) is 19.2 Å². The Morgan fingerprint density at radius 2 is 2.03 bits per heavy atom. The number of benzene rings is 1. The van der Waals surface area contributed by atoms with Crippen LogP contribution in [-0.2, 0) is 19.1 Å². The van der Waals surface area contributed by atoms with Gasteiger partial charge in [-0.25, -0.2) is 4.79 Å². The first kappa shape index (κ1) is 21.8. The fourth-order valence-electron chi connectivity index (χ4n) is 4.82. The second kappa shape index (κ2) is 9.77. The number of hydrogen-bond acceptors (Lipinski definition) is 6. The fourth-order valence-corrected chi connectivity index (χ4v) is 4.82. The van der Waals surface area contributed by atoms with Gasteiger partial charge in [-0.2, -0.15) is 0 Å². The van der Waals surface area contributed by atoms with E-state index in [0.29, 0.717) is 36.7 Å². The molecule has 1 aliphatic carbocycles. The first-order valence-corrected chi connectivity index (χ1v) is 11.4. The van der Waals surface area contributed by atoms with Gasteiger partial charge >= 0.3 is 5.97 Å². The monoisotopic (exact) mass is 425 g/mol. The van der Waals surface area contributed by atoms with Crippen LogP contribution in [0.3, 0.4) is 0 Å². The Kier molecular flexibility index (Phi) is 6.86. The zero-order valence-corrected chi connectivity index (χ0v) is 18.4. The van der Waals surface area contributed by atoms with Crippen LogP contribution in [0.15, 0.2) is 40.5 Å². The Labute approximate surface area is 183 Å². The van der Waals surface area contributed by atoms with Gasteiger partial charge in [0.25, 0.3) is 0 Å². The van der Waals surface area contributed by atoms with Gasteiger partial charge in [0, 0.05) is 35.9 Å². The summed E-state index contributed by atoms with van der Waals surface area (Å²) in [5, 5.41) is 0. The van der Waals surface area contributed by atoms with Crippen molar-refractivity contribution in [2.75, 3.05) is 19.8 Å². The molecule has 2 heterocycles. The number of rotatable bonds is 7. The molecule has 6 heteroatoms.